The molecule has 116 valence electrons. The van der Waals surface area contributed by atoms with Gasteiger partial charge in [0.15, 0.2) is 0 Å². The van der Waals surface area contributed by atoms with Crippen LogP contribution in [0.3, 0.4) is 0 Å². The van der Waals surface area contributed by atoms with E-state index in [1.54, 1.807) is 12.4 Å². The summed E-state index contributed by atoms with van der Waals surface area (Å²) in [6.45, 7) is 4.16. The van der Waals surface area contributed by atoms with Gasteiger partial charge < -0.3 is 19.7 Å². The number of anilines is 2. The fourth-order valence-corrected chi connectivity index (χ4v) is 2.40. The Balaban J connectivity index is 1.56. The fraction of sp³-hybridized carbons (Fsp3) is 0.400. The molecule has 7 nitrogen and oxygen atoms in total. The summed E-state index contributed by atoms with van der Waals surface area (Å²) in [4.78, 5) is 25.0. The number of nitrogens with zero attached hydrogens (tertiary/aromatic N) is 5. The van der Waals surface area contributed by atoms with Crippen LogP contribution in [0.15, 0.2) is 36.9 Å². The van der Waals surface area contributed by atoms with Gasteiger partial charge >= 0.3 is 0 Å². The highest BCUT2D eigenvalue weighted by molar-refractivity contribution is 5.90. The van der Waals surface area contributed by atoms with Crippen molar-refractivity contribution >= 4 is 17.5 Å². The molecule has 0 saturated carbocycles. The minimum Gasteiger partial charge on any atom is -0.345 e. The molecule has 0 spiro atoms. The Bertz CT molecular complexity index is 601. The first kappa shape index (κ1) is 14.5. The number of carbonyl (C=O) groups excluding carboxylic acids is 1. The molecule has 1 amide bonds. The molecule has 3 rings (SSSR count). The van der Waals surface area contributed by atoms with E-state index in [1.807, 2.05) is 29.1 Å². The smallest absolute Gasteiger partial charge is 0.244 e. The molecule has 0 atom stereocenters. The quantitative estimate of drug-likeness (QED) is 0.899. The first-order valence-corrected chi connectivity index (χ1v) is 7.37. The van der Waals surface area contributed by atoms with Crippen molar-refractivity contribution < 1.29 is 4.79 Å². The van der Waals surface area contributed by atoms with Gasteiger partial charge in [0, 0.05) is 38.6 Å². The number of likely N-dealkylation sites (N-methyl/N-ethyl adjacent to an activating group) is 1. The lowest BCUT2D eigenvalue weighted by Gasteiger charge is -2.32. The second-order valence-corrected chi connectivity index (χ2v) is 5.47. The van der Waals surface area contributed by atoms with Gasteiger partial charge in [0.2, 0.25) is 11.9 Å². The summed E-state index contributed by atoms with van der Waals surface area (Å²) >= 11 is 0. The number of amides is 1. The molecule has 22 heavy (non-hydrogen) atoms. The van der Waals surface area contributed by atoms with Crippen LogP contribution in [0.2, 0.25) is 0 Å². The molecule has 1 aliphatic heterocycles. The van der Waals surface area contributed by atoms with Crippen molar-refractivity contribution in [3.8, 4) is 0 Å². The number of carbonyl (C=O) groups is 1. The van der Waals surface area contributed by atoms with Crippen LogP contribution < -0.4 is 10.2 Å². The van der Waals surface area contributed by atoms with Crippen LogP contribution in [0.25, 0.3) is 0 Å². The number of piperazine rings is 1. The standard InChI is InChI=1S/C15H20N6O/c1-19-6-8-21(9-7-19)15-16-10-13(11-17-15)18-14(22)12-20-4-2-3-5-20/h2-5,10-11H,6-9,12H2,1H3,(H,18,22). The molecule has 3 heterocycles. The molecule has 1 N–H and O–H groups in total. The second kappa shape index (κ2) is 6.57. The van der Waals surface area contributed by atoms with Crippen LogP contribution in [-0.2, 0) is 11.3 Å². The van der Waals surface area contributed by atoms with E-state index >= 15 is 0 Å². The first-order chi connectivity index (χ1) is 10.7. The predicted octanol–water partition coefficient (Wildman–Crippen LogP) is 0.669. The highest BCUT2D eigenvalue weighted by atomic mass is 16.1. The largest absolute Gasteiger partial charge is 0.345 e. The molecular weight excluding hydrogens is 280 g/mol. The number of hydrogen-bond donors (Lipinski definition) is 1. The number of nitrogens with one attached hydrogen (secondary N) is 1. The average Bonchev–Trinajstić information content (AvgIpc) is 3.02. The van der Waals surface area contributed by atoms with Crippen molar-refractivity contribution in [3.63, 3.8) is 0 Å². The van der Waals surface area contributed by atoms with Gasteiger partial charge in [0.05, 0.1) is 18.1 Å². The molecule has 0 radical (unpaired) electrons. The van der Waals surface area contributed by atoms with E-state index in [0.29, 0.717) is 5.69 Å². The van der Waals surface area contributed by atoms with Crippen molar-refractivity contribution in [2.24, 2.45) is 0 Å². The SMILES string of the molecule is CN1CCN(c2ncc(NC(=O)Cn3cccc3)cn2)CC1. The minimum absolute atomic E-state index is 0.0906. The van der Waals surface area contributed by atoms with Gasteiger partial charge in [0.25, 0.3) is 0 Å². The maximum absolute atomic E-state index is 11.9. The maximum Gasteiger partial charge on any atom is 0.244 e. The van der Waals surface area contributed by atoms with Gasteiger partial charge in [-0.3, -0.25) is 4.79 Å². The molecule has 0 unspecified atom stereocenters. The summed E-state index contributed by atoms with van der Waals surface area (Å²) < 4.78 is 1.81. The molecule has 1 saturated heterocycles. The fourth-order valence-electron chi connectivity index (χ4n) is 2.40. The highest BCUT2D eigenvalue weighted by Gasteiger charge is 2.16. The van der Waals surface area contributed by atoms with Gasteiger partial charge in [-0.25, -0.2) is 9.97 Å². The monoisotopic (exact) mass is 300 g/mol. The van der Waals surface area contributed by atoms with E-state index in [1.165, 1.54) is 0 Å². The molecule has 7 heteroatoms. The van der Waals surface area contributed by atoms with Crippen LogP contribution in [0.5, 0.6) is 0 Å². The summed E-state index contributed by atoms with van der Waals surface area (Å²) in [5, 5.41) is 2.81. The average molecular weight is 300 g/mol. The van der Waals surface area contributed by atoms with Gasteiger partial charge in [-0.2, -0.15) is 0 Å². The van der Waals surface area contributed by atoms with Gasteiger partial charge in [-0.15, -0.1) is 0 Å². The van der Waals surface area contributed by atoms with E-state index in [-0.39, 0.29) is 12.5 Å². The lowest BCUT2D eigenvalue weighted by Crippen LogP contribution is -2.45. The molecule has 1 aliphatic rings. The zero-order valence-corrected chi connectivity index (χ0v) is 12.6. The molecule has 0 aliphatic carbocycles. The van der Waals surface area contributed by atoms with Crippen molar-refractivity contribution in [2.75, 3.05) is 43.4 Å². The minimum atomic E-state index is -0.0906. The third-order valence-corrected chi connectivity index (χ3v) is 3.70. The Morgan fingerprint density at radius 2 is 1.77 bits per heavy atom. The van der Waals surface area contributed by atoms with Gasteiger partial charge in [-0.05, 0) is 19.2 Å². The number of aromatic nitrogens is 3. The zero-order chi connectivity index (χ0) is 15.4. The second-order valence-electron chi connectivity index (χ2n) is 5.47. The van der Waals surface area contributed by atoms with Crippen LogP contribution >= 0.6 is 0 Å². The number of rotatable bonds is 4. The van der Waals surface area contributed by atoms with Crippen LogP contribution in [-0.4, -0.2) is 58.6 Å². The molecule has 1 fully saturated rings. The Morgan fingerprint density at radius 1 is 1.14 bits per heavy atom. The van der Waals surface area contributed by atoms with Crippen LogP contribution in [0, 0.1) is 0 Å². The lowest BCUT2D eigenvalue weighted by atomic mass is 10.3. The van der Waals surface area contributed by atoms with Crippen LogP contribution in [0.1, 0.15) is 0 Å². The lowest BCUT2D eigenvalue weighted by molar-refractivity contribution is -0.116. The van der Waals surface area contributed by atoms with Crippen molar-refractivity contribution in [2.45, 2.75) is 6.54 Å². The topological polar surface area (TPSA) is 66.3 Å². The Hall–Kier alpha value is -2.41. The van der Waals surface area contributed by atoms with Crippen molar-refractivity contribution in [1.82, 2.24) is 19.4 Å². The summed E-state index contributed by atoms with van der Waals surface area (Å²) in [5.74, 6) is 0.628. The normalized spacial score (nSPS) is 15.8. The summed E-state index contributed by atoms with van der Waals surface area (Å²) in [6.07, 6.45) is 7.03. The summed E-state index contributed by atoms with van der Waals surface area (Å²) in [6, 6.07) is 3.78. The van der Waals surface area contributed by atoms with Gasteiger partial charge in [0.1, 0.15) is 6.54 Å². The Morgan fingerprint density at radius 3 is 2.41 bits per heavy atom. The molecule has 0 aromatic carbocycles. The van der Waals surface area contributed by atoms with Crippen molar-refractivity contribution in [1.29, 1.82) is 0 Å². The van der Waals surface area contributed by atoms with E-state index in [2.05, 4.69) is 32.1 Å². The van der Waals surface area contributed by atoms with E-state index in [0.717, 1.165) is 32.1 Å². The van der Waals surface area contributed by atoms with E-state index in [9.17, 15) is 4.79 Å². The van der Waals surface area contributed by atoms with Crippen molar-refractivity contribution in [3.05, 3.63) is 36.9 Å². The zero-order valence-electron chi connectivity index (χ0n) is 12.6. The van der Waals surface area contributed by atoms with E-state index in [4.69, 9.17) is 0 Å². The first-order valence-electron chi connectivity index (χ1n) is 7.37. The third kappa shape index (κ3) is 3.62. The Labute approximate surface area is 129 Å². The van der Waals surface area contributed by atoms with Gasteiger partial charge in [-0.1, -0.05) is 0 Å². The molecule has 2 aromatic rings. The summed E-state index contributed by atoms with van der Waals surface area (Å²) in [5.41, 5.74) is 0.620. The molecule has 0 bridgehead atoms. The molecule has 2 aromatic heterocycles. The number of hydrogen-bond acceptors (Lipinski definition) is 5. The summed E-state index contributed by atoms with van der Waals surface area (Å²) in [7, 11) is 2.11. The third-order valence-electron chi connectivity index (χ3n) is 3.70. The highest BCUT2D eigenvalue weighted by Crippen LogP contribution is 2.12. The maximum atomic E-state index is 11.9. The van der Waals surface area contributed by atoms with E-state index < -0.39 is 0 Å². The predicted molar refractivity (Wildman–Crippen MR) is 84.8 cm³/mol. The van der Waals surface area contributed by atoms with Crippen LogP contribution in [0.4, 0.5) is 11.6 Å². The Kier molecular flexibility index (Phi) is 4.34. The molecular formula is C15H20N6O.